The fourth-order valence-electron chi connectivity index (χ4n) is 8.81. The van der Waals surface area contributed by atoms with Crippen molar-refractivity contribution in [1.82, 2.24) is 0 Å². The van der Waals surface area contributed by atoms with E-state index in [-0.39, 0.29) is 5.41 Å². The molecule has 0 amide bonds. The Morgan fingerprint density at radius 3 is 2.17 bits per heavy atom. The highest BCUT2D eigenvalue weighted by Gasteiger charge is 2.36. The number of nitrogens with zero attached hydrogens (tertiary/aromatic N) is 1. The summed E-state index contributed by atoms with van der Waals surface area (Å²) in [7, 11) is 0. The van der Waals surface area contributed by atoms with Crippen molar-refractivity contribution in [2.75, 3.05) is 4.90 Å². The summed E-state index contributed by atoms with van der Waals surface area (Å²) in [5, 5.41) is 7.18. The molecule has 0 bridgehead atoms. The van der Waals surface area contributed by atoms with E-state index in [1.807, 2.05) is 11.3 Å². The Labute approximate surface area is 305 Å². The SMILES string of the molecule is CC1(C)c2ccccc2-c2ccc(N(c3cccc(-c4cccc5oc6c7ccccc7ccc6c45)c3)c3cccc4sc5ccccc5c34)cc21. The van der Waals surface area contributed by atoms with Gasteiger partial charge in [0.15, 0.2) is 0 Å². The van der Waals surface area contributed by atoms with Crippen molar-refractivity contribution in [2.45, 2.75) is 19.3 Å². The molecule has 0 N–H and O–H groups in total. The van der Waals surface area contributed by atoms with Gasteiger partial charge in [0, 0.05) is 53.1 Å². The summed E-state index contributed by atoms with van der Waals surface area (Å²) in [5.41, 5.74) is 12.9. The number of rotatable bonds is 4. The van der Waals surface area contributed by atoms with Crippen molar-refractivity contribution >= 4 is 81.3 Å². The van der Waals surface area contributed by atoms with Gasteiger partial charge in [-0.2, -0.15) is 0 Å². The summed E-state index contributed by atoms with van der Waals surface area (Å²) >= 11 is 1.86. The van der Waals surface area contributed by atoms with Gasteiger partial charge in [0.1, 0.15) is 11.2 Å². The fraction of sp³-hybridized carbons (Fsp3) is 0.0612. The van der Waals surface area contributed by atoms with Crippen LogP contribution in [0.1, 0.15) is 25.0 Å². The van der Waals surface area contributed by atoms with Crippen LogP contribution in [0.2, 0.25) is 0 Å². The third-order valence-corrected chi connectivity index (χ3v) is 12.4. The maximum atomic E-state index is 6.60. The maximum absolute atomic E-state index is 6.60. The molecule has 10 aromatic rings. The Morgan fingerprint density at radius 1 is 0.500 bits per heavy atom. The first-order valence-electron chi connectivity index (χ1n) is 17.9. The topological polar surface area (TPSA) is 16.4 Å². The van der Waals surface area contributed by atoms with E-state index in [9.17, 15) is 0 Å². The molecule has 3 heteroatoms. The first-order chi connectivity index (χ1) is 25.5. The molecule has 0 spiro atoms. The van der Waals surface area contributed by atoms with Crippen LogP contribution in [0.4, 0.5) is 17.1 Å². The minimum Gasteiger partial charge on any atom is -0.455 e. The van der Waals surface area contributed by atoms with Gasteiger partial charge in [-0.05, 0) is 93.4 Å². The van der Waals surface area contributed by atoms with Crippen molar-refractivity contribution in [1.29, 1.82) is 0 Å². The van der Waals surface area contributed by atoms with Crippen molar-refractivity contribution in [3.8, 4) is 22.3 Å². The van der Waals surface area contributed by atoms with Crippen molar-refractivity contribution < 1.29 is 4.42 Å². The second kappa shape index (κ2) is 10.9. The molecule has 2 heterocycles. The lowest BCUT2D eigenvalue weighted by molar-refractivity contribution is 0.660. The van der Waals surface area contributed by atoms with Gasteiger partial charge in [-0.25, -0.2) is 0 Å². The number of hydrogen-bond donors (Lipinski definition) is 0. The second-order valence-corrected chi connectivity index (χ2v) is 15.6. The number of benzene rings is 8. The number of thiophene rings is 1. The van der Waals surface area contributed by atoms with Crippen LogP contribution >= 0.6 is 11.3 Å². The third-order valence-electron chi connectivity index (χ3n) is 11.2. The van der Waals surface area contributed by atoms with Crippen LogP contribution in [-0.4, -0.2) is 0 Å². The summed E-state index contributed by atoms with van der Waals surface area (Å²) in [6.45, 7) is 4.72. The zero-order chi connectivity index (χ0) is 34.6. The first-order valence-corrected chi connectivity index (χ1v) is 18.7. The quantitative estimate of drug-likeness (QED) is 0.184. The predicted octanol–water partition coefficient (Wildman–Crippen LogP) is 14.6. The van der Waals surface area contributed by atoms with Crippen LogP contribution in [0.15, 0.2) is 168 Å². The lowest BCUT2D eigenvalue weighted by Gasteiger charge is -2.29. The highest BCUT2D eigenvalue weighted by molar-refractivity contribution is 7.26. The average Bonchev–Trinajstić information content (AvgIpc) is 3.84. The number of anilines is 3. The maximum Gasteiger partial charge on any atom is 0.143 e. The Bertz CT molecular complexity index is 3070. The van der Waals surface area contributed by atoms with Gasteiger partial charge >= 0.3 is 0 Å². The largest absolute Gasteiger partial charge is 0.455 e. The van der Waals surface area contributed by atoms with Gasteiger partial charge in [-0.1, -0.05) is 123 Å². The Morgan fingerprint density at radius 2 is 1.23 bits per heavy atom. The minimum atomic E-state index is -0.112. The summed E-state index contributed by atoms with van der Waals surface area (Å²) in [6.07, 6.45) is 0. The van der Waals surface area contributed by atoms with Crippen LogP contribution in [-0.2, 0) is 5.41 Å². The van der Waals surface area contributed by atoms with Crippen LogP contribution in [0, 0.1) is 0 Å². The van der Waals surface area contributed by atoms with Crippen molar-refractivity contribution in [3.05, 3.63) is 175 Å². The van der Waals surface area contributed by atoms with Gasteiger partial charge in [-0.3, -0.25) is 0 Å². The Balaban J connectivity index is 1.16. The van der Waals surface area contributed by atoms with E-state index in [0.717, 1.165) is 49.8 Å². The Kier molecular flexibility index (Phi) is 6.21. The molecule has 0 saturated heterocycles. The van der Waals surface area contributed by atoms with Crippen LogP contribution in [0.5, 0.6) is 0 Å². The fourth-order valence-corrected chi connectivity index (χ4v) is 9.93. The highest BCUT2D eigenvalue weighted by atomic mass is 32.1. The molecule has 0 atom stereocenters. The van der Waals surface area contributed by atoms with Crippen molar-refractivity contribution in [2.24, 2.45) is 0 Å². The smallest absolute Gasteiger partial charge is 0.143 e. The minimum absolute atomic E-state index is 0.112. The monoisotopic (exact) mass is 683 g/mol. The molecule has 0 unspecified atom stereocenters. The molecule has 8 aromatic carbocycles. The molecule has 2 aromatic heterocycles. The van der Waals surface area contributed by atoms with E-state index in [4.69, 9.17) is 4.42 Å². The van der Waals surface area contributed by atoms with Gasteiger partial charge in [0.2, 0.25) is 0 Å². The molecule has 1 aliphatic rings. The average molecular weight is 684 g/mol. The van der Waals surface area contributed by atoms with Gasteiger partial charge in [0.05, 0.1) is 5.69 Å². The lowest BCUT2D eigenvalue weighted by atomic mass is 9.82. The summed E-state index contributed by atoms with van der Waals surface area (Å²) in [5.74, 6) is 0. The normalized spacial score (nSPS) is 13.3. The summed E-state index contributed by atoms with van der Waals surface area (Å²) in [6, 6.07) is 59.9. The lowest BCUT2D eigenvalue weighted by Crippen LogP contribution is -2.16. The second-order valence-electron chi connectivity index (χ2n) is 14.5. The molecule has 1 aliphatic carbocycles. The number of fused-ring (bicyclic) bond motifs is 11. The van der Waals surface area contributed by atoms with E-state index in [1.165, 1.54) is 53.5 Å². The Hall–Kier alpha value is -6.16. The summed E-state index contributed by atoms with van der Waals surface area (Å²) < 4.78 is 9.19. The van der Waals surface area contributed by atoms with Gasteiger partial charge < -0.3 is 9.32 Å². The van der Waals surface area contributed by atoms with Gasteiger partial charge in [-0.15, -0.1) is 11.3 Å². The number of furan rings is 1. The van der Waals surface area contributed by atoms with Crippen molar-refractivity contribution in [3.63, 3.8) is 0 Å². The van der Waals surface area contributed by atoms with Crippen LogP contribution in [0.3, 0.4) is 0 Å². The predicted molar refractivity (Wildman–Crippen MR) is 222 cm³/mol. The zero-order valence-corrected chi connectivity index (χ0v) is 29.7. The molecule has 0 fully saturated rings. The molecule has 11 rings (SSSR count). The first kappa shape index (κ1) is 29.6. The molecule has 246 valence electrons. The molecular formula is C49H33NOS. The van der Waals surface area contributed by atoms with E-state index in [0.29, 0.717) is 0 Å². The molecular weight excluding hydrogens is 651 g/mol. The summed E-state index contributed by atoms with van der Waals surface area (Å²) in [4.78, 5) is 2.48. The molecule has 0 radical (unpaired) electrons. The number of hydrogen-bond acceptors (Lipinski definition) is 3. The van der Waals surface area contributed by atoms with Gasteiger partial charge in [0.25, 0.3) is 0 Å². The van der Waals surface area contributed by atoms with E-state index < -0.39 is 0 Å². The molecule has 0 aliphatic heterocycles. The zero-order valence-electron chi connectivity index (χ0n) is 28.9. The van der Waals surface area contributed by atoms with Crippen LogP contribution in [0.25, 0.3) is 75.1 Å². The van der Waals surface area contributed by atoms with E-state index in [1.54, 1.807) is 0 Å². The third kappa shape index (κ3) is 4.17. The van der Waals surface area contributed by atoms with E-state index in [2.05, 4.69) is 183 Å². The molecule has 0 saturated carbocycles. The van der Waals surface area contributed by atoms with E-state index >= 15 is 0 Å². The molecule has 2 nitrogen and oxygen atoms in total. The standard InChI is InChI=1S/C49H33NOS/c1-49(2)40-19-7-5-16-36(40)37-27-25-33(29-41(37)49)50(42-20-11-23-45-47(42)38-17-6-8-22-44(38)52-45)32-14-9-13-31(28-32)34-18-10-21-43-46(34)39-26-24-30-12-3-4-15-35(30)48(39)51-43/h3-29H,1-2H3. The molecule has 52 heavy (non-hydrogen) atoms. The van der Waals surface area contributed by atoms with Crippen LogP contribution < -0.4 is 4.90 Å². The highest BCUT2D eigenvalue weighted by Crippen LogP contribution is 2.52.